The van der Waals surface area contributed by atoms with Crippen molar-refractivity contribution >= 4 is 34.4 Å². The Kier molecular flexibility index (Phi) is 5.53. The van der Waals surface area contributed by atoms with Gasteiger partial charge in [-0.3, -0.25) is 15.2 Å². The quantitative estimate of drug-likeness (QED) is 0.155. The summed E-state index contributed by atoms with van der Waals surface area (Å²) in [7, 11) is 0. The molecule has 0 aliphatic carbocycles. The third kappa shape index (κ3) is 3.68. The van der Waals surface area contributed by atoms with Crippen LogP contribution in [-0.4, -0.2) is 65.3 Å². The molecule has 1 fully saturated rings. The summed E-state index contributed by atoms with van der Waals surface area (Å²) in [5.74, 6) is 0.447. The van der Waals surface area contributed by atoms with Crippen LogP contribution < -0.4 is 5.73 Å². The number of aliphatic hydroxyl groups excluding tert-OH is 3. The molecular weight excluding hydrogens is 416 g/mol. The fourth-order valence-corrected chi connectivity index (χ4v) is 4.14. The van der Waals surface area contributed by atoms with Crippen LogP contribution in [0.5, 0.6) is 0 Å². The van der Waals surface area contributed by atoms with Crippen LogP contribution in [0, 0.1) is 10.1 Å². The average Bonchev–Trinajstić information content (AvgIpc) is 3.27. The third-order valence-electron chi connectivity index (χ3n) is 4.76. The second-order valence-electron chi connectivity index (χ2n) is 6.69. The topological polar surface area (TPSA) is 194 Å². The summed E-state index contributed by atoms with van der Waals surface area (Å²) in [6.45, 7) is -0.450. The maximum Gasteiger partial charge on any atom is 0.269 e. The lowest BCUT2D eigenvalue weighted by Crippen LogP contribution is -2.32. The first kappa shape index (κ1) is 20.4. The van der Waals surface area contributed by atoms with Gasteiger partial charge in [0.1, 0.15) is 40.5 Å². The number of nitro benzene ring substituents is 1. The fraction of sp³-hybridized carbons (Fsp3) is 0.353. The highest BCUT2D eigenvalue weighted by molar-refractivity contribution is 7.98. The van der Waals surface area contributed by atoms with E-state index in [-0.39, 0.29) is 11.6 Å². The van der Waals surface area contributed by atoms with Crippen molar-refractivity contribution in [2.45, 2.75) is 35.2 Å². The average molecular weight is 434 g/mol. The van der Waals surface area contributed by atoms with E-state index in [1.807, 2.05) is 0 Å². The van der Waals surface area contributed by atoms with Crippen molar-refractivity contribution in [3.8, 4) is 0 Å². The van der Waals surface area contributed by atoms with E-state index in [1.54, 1.807) is 12.1 Å². The van der Waals surface area contributed by atoms with Gasteiger partial charge in [0.25, 0.3) is 5.69 Å². The number of aromatic amines is 1. The minimum Gasteiger partial charge on any atom is -0.394 e. The van der Waals surface area contributed by atoms with Gasteiger partial charge < -0.3 is 25.8 Å². The molecule has 6 N–H and O–H groups in total. The van der Waals surface area contributed by atoms with E-state index in [1.165, 1.54) is 23.9 Å². The van der Waals surface area contributed by atoms with Gasteiger partial charge in [-0.15, -0.1) is 0 Å². The number of hydrogen-bond donors (Lipinski definition) is 5. The Hall–Kier alpha value is -2.84. The number of nitrogens with zero attached hydrogens (tertiary/aromatic N) is 4. The molecule has 0 unspecified atom stereocenters. The van der Waals surface area contributed by atoms with Crippen molar-refractivity contribution in [3.63, 3.8) is 0 Å². The summed E-state index contributed by atoms with van der Waals surface area (Å²) in [4.78, 5) is 18.7. The molecule has 0 amide bonds. The first-order chi connectivity index (χ1) is 14.4. The lowest BCUT2D eigenvalue weighted by atomic mass is 10.1. The zero-order valence-corrected chi connectivity index (χ0v) is 16.2. The Bertz CT molecular complexity index is 1080. The second kappa shape index (κ2) is 8.12. The van der Waals surface area contributed by atoms with E-state index >= 15 is 0 Å². The van der Waals surface area contributed by atoms with Crippen LogP contribution in [0.1, 0.15) is 17.4 Å². The first-order valence-electron chi connectivity index (χ1n) is 8.89. The van der Waals surface area contributed by atoms with Gasteiger partial charge in [0, 0.05) is 17.9 Å². The Morgan fingerprint density at radius 3 is 2.57 bits per heavy atom. The molecule has 12 nitrogen and oxygen atoms in total. The second-order valence-corrected chi connectivity index (χ2v) is 7.66. The number of aliphatic hydroxyl groups is 3. The molecule has 0 bridgehead atoms. The Morgan fingerprint density at radius 2 is 1.93 bits per heavy atom. The molecule has 1 saturated heterocycles. The Morgan fingerprint density at radius 1 is 1.20 bits per heavy atom. The molecule has 30 heavy (non-hydrogen) atoms. The summed E-state index contributed by atoms with van der Waals surface area (Å²) in [6, 6.07) is 6.16. The van der Waals surface area contributed by atoms with Gasteiger partial charge in [-0.1, -0.05) is 23.9 Å². The molecule has 1 aliphatic rings. The standard InChI is InChI=1S/C17H18N6O6S/c18-17-19-10-11(15-14(26)13(25)9(5-24)29-15)21-22-12(10)16(20-17)30-6-7-1-3-8(4-2-7)23(27)28/h1-4,9,13-15,24-26H,5-6H2,(H,21,22)(H2,18,19,20)/t9-,13-,14-,15+/m1/s1. The number of H-pyrrole nitrogens is 1. The van der Waals surface area contributed by atoms with Crippen molar-refractivity contribution in [1.82, 2.24) is 20.2 Å². The Balaban J connectivity index is 1.60. The Labute approximate surface area is 173 Å². The van der Waals surface area contributed by atoms with Crippen molar-refractivity contribution in [3.05, 3.63) is 45.6 Å². The summed E-state index contributed by atoms with van der Waals surface area (Å²) < 4.78 is 5.54. The van der Waals surface area contributed by atoms with Crippen LogP contribution in [0.2, 0.25) is 0 Å². The minimum atomic E-state index is -1.28. The summed E-state index contributed by atoms with van der Waals surface area (Å²) >= 11 is 1.32. The molecule has 0 radical (unpaired) electrons. The number of nitro groups is 1. The van der Waals surface area contributed by atoms with Crippen LogP contribution in [0.4, 0.5) is 11.6 Å². The fourth-order valence-electron chi connectivity index (χ4n) is 3.21. The lowest BCUT2D eigenvalue weighted by molar-refractivity contribution is -0.384. The van der Waals surface area contributed by atoms with E-state index in [9.17, 15) is 25.4 Å². The lowest BCUT2D eigenvalue weighted by Gasteiger charge is -2.13. The number of hydrogen-bond acceptors (Lipinski definition) is 11. The van der Waals surface area contributed by atoms with Crippen molar-refractivity contribution < 1.29 is 25.0 Å². The summed E-state index contributed by atoms with van der Waals surface area (Å²) in [5.41, 5.74) is 7.76. The third-order valence-corrected chi connectivity index (χ3v) is 5.80. The molecule has 13 heteroatoms. The monoisotopic (exact) mass is 434 g/mol. The molecule has 4 rings (SSSR count). The van der Waals surface area contributed by atoms with Gasteiger partial charge in [0.15, 0.2) is 0 Å². The largest absolute Gasteiger partial charge is 0.394 e. The number of nitrogen functional groups attached to an aromatic ring is 1. The van der Waals surface area contributed by atoms with Crippen LogP contribution in [0.15, 0.2) is 29.3 Å². The van der Waals surface area contributed by atoms with E-state index in [4.69, 9.17) is 10.5 Å². The number of ether oxygens (including phenoxy) is 1. The predicted octanol–water partition coefficient (Wildman–Crippen LogP) is 0.290. The predicted molar refractivity (Wildman–Crippen MR) is 105 cm³/mol. The van der Waals surface area contributed by atoms with E-state index in [0.717, 1.165) is 5.56 Å². The number of thioether (sulfide) groups is 1. The number of aromatic nitrogens is 4. The SMILES string of the molecule is Nc1nc(SCc2ccc([N+](=O)[O-])cc2)c2n[nH]c([C@@H]3O[C@H](CO)[C@@H](O)[C@H]3O)c2n1. The van der Waals surface area contributed by atoms with E-state index < -0.39 is 35.9 Å². The van der Waals surface area contributed by atoms with Gasteiger partial charge >= 0.3 is 0 Å². The number of nitrogens with one attached hydrogen (secondary N) is 1. The molecule has 1 aromatic carbocycles. The van der Waals surface area contributed by atoms with Crippen LogP contribution in [-0.2, 0) is 10.5 Å². The molecule has 0 saturated carbocycles. The number of rotatable bonds is 6. The van der Waals surface area contributed by atoms with Gasteiger partial charge in [-0.2, -0.15) is 5.10 Å². The van der Waals surface area contributed by atoms with Crippen LogP contribution in [0.25, 0.3) is 11.0 Å². The zero-order chi connectivity index (χ0) is 21.4. The highest BCUT2D eigenvalue weighted by atomic mass is 32.2. The first-order valence-corrected chi connectivity index (χ1v) is 9.87. The maximum atomic E-state index is 10.8. The maximum absolute atomic E-state index is 10.8. The van der Waals surface area contributed by atoms with Gasteiger partial charge in [0.05, 0.1) is 17.2 Å². The van der Waals surface area contributed by atoms with E-state index in [2.05, 4.69) is 20.2 Å². The highest BCUT2D eigenvalue weighted by Crippen LogP contribution is 2.37. The van der Waals surface area contributed by atoms with E-state index in [0.29, 0.717) is 27.5 Å². The van der Waals surface area contributed by atoms with Crippen molar-refractivity contribution in [2.24, 2.45) is 0 Å². The molecule has 3 aromatic rings. The van der Waals surface area contributed by atoms with Crippen molar-refractivity contribution in [2.75, 3.05) is 12.3 Å². The summed E-state index contributed by atoms with van der Waals surface area (Å²) in [5, 5.41) is 47.8. The minimum absolute atomic E-state index is 0.00727. The molecule has 0 spiro atoms. The van der Waals surface area contributed by atoms with Gasteiger partial charge in [-0.05, 0) is 5.56 Å². The highest BCUT2D eigenvalue weighted by Gasteiger charge is 2.44. The number of benzene rings is 1. The van der Waals surface area contributed by atoms with Crippen LogP contribution in [0.3, 0.4) is 0 Å². The van der Waals surface area contributed by atoms with Gasteiger partial charge in [0.2, 0.25) is 5.95 Å². The number of nitrogens with two attached hydrogens (primary N) is 1. The molecule has 1 aliphatic heterocycles. The number of fused-ring (bicyclic) bond motifs is 1. The van der Waals surface area contributed by atoms with Gasteiger partial charge in [-0.25, -0.2) is 9.97 Å². The molecular formula is C17H18N6O6S. The molecule has 3 heterocycles. The van der Waals surface area contributed by atoms with Crippen LogP contribution >= 0.6 is 11.8 Å². The summed E-state index contributed by atoms with van der Waals surface area (Å²) in [6.07, 6.45) is -4.44. The van der Waals surface area contributed by atoms with Crippen molar-refractivity contribution in [1.29, 1.82) is 0 Å². The molecule has 2 aromatic heterocycles. The zero-order valence-electron chi connectivity index (χ0n) is 15.4. The smallest absolute Gasteiger partial charge is 0.269 e. The number of non-ortho nitro benzene ring substituents is 1. The molecule has 158 valence electrons. The number of anilines is 1. The normalized spacial score (nSPS) is 23.8. The molecule has 4 atom stereocenters.